The number of rotatable bonds is 4. The highest BCUT2D eigenvalue weighted by Crippen LogP contribution is 2.34. The molecule has 0 aliphatic carbocycles. The molecule has 4 nitrogen and oxygen atoms in total. The van der Waals surface area contributed by atoms with E-state index in [2.05, 4.69) is 4.98 Å². The van der Waals surface area contributed by atoms with Crippen LogP contribution in [-0.2, 0) is 16.0 Å². The van der Waals surface area contributed by atoms with Crippen molar-refractivity contribution < 1.29 is 9.59 Å². The maximum Gasteiger partial charge on any atom is 0.233 e. The molecule has 2 aromatic rings. The zero-order chi connectivity index (χ0) is 17.3. The van der Waals surface area contributed by atoms with Crippen LogP contribution >= 0.6 is 0 Å². The van der Waals surface area contributed by atoms with Crippen molar-refractivity contribution in [3.63, 3.8) is 0 Å². The Hall–Kier alpha value is -2.49. The quantitative estimate of drug-likeness (QED) is 0.813. The van der Waals surface area contributed by atoms with Gasteiger partial charge in [0.15, 0.2) is 0 Å². The Kier molecular flexibility index (Phi) is 4.47. The number of benzene rings is 1. The summed E-state index contributed by atoms with van der Waals surface area (Å²) in [5.41, 5.74) is 4.15. The largest absolute Gasteiger partial charge is 0.344 e. The molecule has 1 saturated heterocycles. The Morgan fingerprint density at radius 3 is 2.58 bits per heavy atom. The van der Waals surface area contributed by atoms with Gasteiger partial charge in [0.05, 0.1) is 0 Å². The first-order chi connectivity index (χ1) is 11.5. The number of nitrogens with zero attached hydrogens (tertiary/aromatic N) is 2. The molecule has 1 fully saturated rings. The minimum atomic E-state index is -0.600. The van der Waals surface area contributed by atoms with E-state index < -0.39 is 5.92 Å². The van der Waals surface area contributed by atoms with Gasteiger partial charge in [-0.05, 0) is 36.6 Å². The van der Waals surface area contributed by atoms with E-state index in [0.29, 0.717) is 6.54 Å². The van der Waals surface area contributed by atoms with Crippen LogP contribution < -0.4 is 0 Å². The highest BCUT2D eigenvalue weighted by Gasteiger charge is 2.43. The molecule has 0 N–H and O–H groups in total. The van der Waals surface area contributed by atoms with Crippen molar-refractivity contribution in [1.82, 2.24) is 9.88 Å². The van der Waals surface area contributed by atoms with E-state index in [0.717, 1.165) is 16.7 Å². The van der Waals surface area contributed by atoms with Crippen molar-refractivity contribution >= 4 is 11.7 Å². The van der Waals surface area contributed by atoms with Gasteiger partial charge in [-0.3, -0.25) is 14.6 Å². The Balaban J connectivity index is 1.87. The highest BCUT2D eigenvalue weighted by molar-refractivity contribution is 6.04. The van der Waals surface area contributed by atoms with Gasteiger partial charge in [0.2, 0.25) is 5.91 Å². The summed E-state index contributed by atoms with van der Waals surface area (Å²) in [4.78, 5) is 31.2. The van der Waals surface area contributed by atoms with Gasteiger partial charge in [-0.25, -0.2) is 0 Å². The number of pyridine rings is 1. The minimum Gasteiger partial charge on any atom is -0.344 e. The number of carbonyl (C=O) groups is 2. The molecule has 3 rings (SSSR count). The van der Waals surface area contributed by atoms with Crippen LogP contribution in [0.25, 0.3) is 0 Å². The SMILES string of the molecule is Cc1ccc([C@H]2CN(C)C(=O)[C@@H]2C(=O)Cc2cnccc2C)cc1. The number of likely N-dealkylation sites (N-methyl/N-ethyl adjacent to an activating group) is 1. The molecule has 4 heteroatoms. The Morgan fingerprint density at radius 1 is 1.21 bits per heavy atom. The van der Waals surface area contributed by atoms with Crippen molar-refractivity contribution in [1.29, 1.82) is 0 Å². The lowest BCUT2D eigenvalue weighted by Crippen LogP contribution is -2.29. The topological polar surface area (TPSA) is 50.3 Å². The average Bonchev–Trinajstić information content (AvgIpc) is 2.86. The molecule has 1 aliphatic rings. The van der Waals surface area contributed by atoms with Crippen LogP contribution in [0, 0.1) is 19.8 Å². The van der Waals surface area contributed by atoms with E-state index in [1.165, 1.54) is 5.56 Å². The van der Waals surface area contributed by atoms with E-state index >= 15 is 0 Å². The number of carbonyl (C=O) groups excluding carboxylic acids is 2. The second-order valence-electron chi connectivity index (χ2n) is 6.66. The van der Waals surface area contributed by atoms with Crippen molar-refractivity contribution in [2.75, 3.05) is 13.6 Å². The first kappa shape index (κ1) is 16.4. The summed E-state index contributed by atoms with van der Waals surface area (Å²) >= 11 is 0. The predicted octanol–water partition coefficient (Wildman–Crippen LogP) is 2.68. The van der Waals surface area contributed by atoms with E-state index in [1.54, 1.807) is 24.3 Å². The molecule has 24 heavy (non-hydrogen) atoms. The molecule has 2 heterocycles. The third-order valence-corrected chi connectivity index (χ3v) is 4.88. The number of hydrogen-bond acceptors (Lipinski definition) is 3. The van der Waals surface area contributed by atoms with Crippen LogP contribution in [0.3, 0.4) is 0 Å². The Morgan fingerprint density at radius 2 is 1.92 bits per heavy atom. The first-order valence-corrected chi connectivity index (χ1v) is 8.21. The van der Waals surface area contributed by atoms with Crippen molar-refractivity contribution in [3.8, 4) is 0 Å². The number of ketones is 1. The molecule has 1 aromatic heterocycles. The smallest absolute Gasteiger partial charge is 0.233 e. The number of aromatic nitrogens is 1. The minimum absolute atomic E-state index is 0.0222. The summed E-state index contributed by atoms with van der Waals surface area (Å²) in [5, 5.41) is 0. The van der Waals surface area contributed by atoms with Crippen LogP contribution in [0.5, 0.6) is 0 Å². The van der Waals surface area contributed by atoms with Crippen LogP contribution in [0.4, 0.5) is 0 Å². The molecule has 0 unspecified atom stereocenters. The highest BCUT2D eigenvalue weighted by atomic mass is 16.2. The lowest BCUT2D eigenvalue weighted by molar-refractivity contribution is -0.136. The van der Waals surface area contributed by atoms with Crippen molar-refractivity contribution in [2.45, 2.75) is 26.2 Å². The maximum atomic E-state index is 12.9. The van der Waals surface area contributed by atoms with Gasteiger partial charge in [0.25, 0.3) is 0 Å². The monoisotopic (exact) mass is 322 g/mol. The molecule has 0 saturated carbocycles. The van der Waals surface area contributed by atoms with Crippen LogP contribution in [-0.4, -0.2) is 35.2 Å². The third kappa shape index (κ3) is 3.09. The Labute approximate surface area is 142 Å². The van der Waals surface area contributed by atoms with E-state index in [9.17, 15) is 9.59 Å². The fourth-order valence-electron chi connectivity index (χ4n) is 3.35. The molecule has 1 aliphatic heterocycles. The average molecular weight is 322 g/mol. The van der Waals surface area contributed by atoms with Crippen LogP contribution in [0.2, 0.25) is 0 Å². The van der Waals surface area contributed by atoms with Crippen molar-refractivity contribution in [3.05, 3.63) is 65.0 Å². The van der Waals surface area contributed by atoms with Crippen LogP contribution in [0.15, 0.2) is 42.7 Å². The molecule has 0 bridgehead atoms. The maximum absolute atomic E-state index is 12.9. The summed E-state index contributed by atoms with van der Waals surface area (Å²) in [6.45, 7) is 4.58. The second kappa shape index (κ2) is 6.56. The zero-order valence-corrected chi connectivity index (χ0v) is 14.3. The lowest BCUT2D eigenvalue weighted by Gasteiger charge is -2.17. The molecule has 124 valence electrons. The predicted molar refractivity (Wildman–Crippen MR) is 92.7 cm³/mol. The molecular formula is C20H22N2O2. The molecule has 0 spiro atoms. The fraction of sp³-hybridized carbons (Fsp3) is 0.350. The van der Waals surface area contributed by atoms with Gasteiger partial charge in [0, 0.05) is 38.3 Å². The second-order valence-corrected chi connectivity index (χ2v) is 6.66. The summed E-state index contributed by atoms with van der Waals surface area (Å²) in [6.07, 6.45) is 3.69. The van der Waals surface area contributed by atoms with Crippen molar-refractivity contribution in [2.24, 2.45) is 5.92 Å². The van der Waals surface area contributed by atoms with E-state index in [4.69, 9.17) is 0 Å². The summed E-state index contributed by atoms with van der Waals surface area (Å²) in [6, 6.07) is 10.0. The standard InChI is InChI=1S/C20H22N2O2/c1-13-4-6-15(7-5-13)17-12-22(3)20(24)19(17)18(23)10-16-11-21-9-8-14(16)2/h4-9,11,17,19H,10,12H2,1-3H3/t17-,19+/m1/s1. The number of aryl methyl sites for hydroxylation is 2. The molecule has 1 amide bonds. The molecule has 0 radical (unpaired) electrons. The van der Waals surface area contributed by atoms with Crippen LogP contribution in [0.1, 0.15) is 28.2 Å². The number of amides is 1. The number of hydrogen-bond donors (Lipinski definition) is 0. The molecular weight excluding hydrogens is 300 g/mol. The van der Waals surface area contributed by atoms with Gasteiger partial charge in [-0.15, -0.1) is 0 Å². The van der Waals surface area contributed by atoms with Gasteiger partial charge in [0.1, 0.15) is 11.7 Å². The molecule has 1 aromatic carbocycles. The summed E-state index contributed by atoms with van der Waals surface area (Å²) in [7, 11) is 1.77. The van der Waals surface area contributed by atoms with E-state index in [-0.39, 0.29) is 24.0 Å². The first-order valence-electron chi connectivity index (χ1n) is 8.21. The number of likely N-dealkylation sites (tertiary alicyclic amines) is 1. The Bertz CT molecular complexity index is 767. The summed E-state index contributed by atoms with van der Waals surface area (Å²) < 4.78 is 0. The lowest BCUT2D eigenvalue weighted by atomic mass is 9.83. The van der Waals surface area contributed by atoms with E-state index in [1.807, 2.05) is 44.2 Å². The fourth-order valence-corrected chi connectivity index (χ4v) is 3.35. The summed E-state index contributed by atoms with van der Waals surface area (Å²) in [5.74, 6) is -0.775. The molecule has 2 atom stereocenters. The van der Waals surface area contributed by atoms with Gasteiger partial charge in [-0.2, -0.15) is 0 Å². The van der Waals surface area contributed by atoms with Gasteiger partial charge < -0.3 is 4.90 Å². The van der Waals surface area contributed by atoms with Gasteiger partial charge >= 0.3 is 0 Å². The zero-order valence-electron chi connectivity index (χ0n) is 14.3. The normalized spacial score (nSPS) is 20.5. The van der Waals surface area contributed by atoms with Gasteiger partial charge in [-0.1, -0.05) is 29.8 Å². The number of Topliss-reactive ketones (excluding diaryl/α,β-unsaturated/α-hetero) is 1. The third-order valence-electron chi connectivity index (χ3n) is 4.88.